The Labute approximate surface area is 117 Å². The summed E-state index contributed by atoms with van der Waals surface area (Å²) in [5, 5.41) is 3.18. The fourth-order valence-corrected chi connectivity index (χ4v) is 3.20. The molecule has 0 radical (unpaired) electrons. The van der Waals surface area contributed by atoms with Crippen molar-refractivity contribution in [1.82, 2.24) is 10.3 Å². The zero-order valence-electron chi connectivity index (χ0n) is 12.6. The zero-order chi connectivity index (χ0) is 13.7. The third-order valence-corrected chi connectivity index (χ3v) is 4.12. The lowest BCUT2D eigenvalue weighted by Crippen LogP contribution is -2.37. The fraction of sp³-hybridized carbons (Fsp3) is 0.688. The topological polar surface area (TPSA) is 28.2 Å². The largest absolute Gasteiger partial charge is 0.354 e. The second kappa shape index (κ2) is 6.90. The van der Waals surface area contributed by atoms with Gasteiger partial charge in [-0.25, -0.2) is 4.98 Å². The van der Waals surface area contributed by atoms with Gasteiger partial charge in [0.05, 0.1) is 0 Å². The van der Waals surface area contributed by atoms with Crippen LogP contribution in [0.25, 0.3) is 0 Å². The van der Waals surface area contributed by atoms with Crippen LogP contribution >= 0.6 is 0 Å². The molecule has 2 rings (SSSR count). The Bertz CT molecular complexity index is 397. The summed E-state index contributed by atoms with van der Waals surface area (Å²) in [4.78, 5) is 7.24. The third-order valence-electron chi connectivity index (χ3n) is 4.12. The number of nitrogens with one attached hydrogen (secondary N) is 1. The molecule has 3 nitrogen and oxygen atoms in total. The second-order valence-electron chi connectivity index (χ2n) is 5.59. The van der Waals surface area contributed by atoms with E-state index in [1.807, 2.05) is 13.2 Å². The van der Waals surface area contributed by atoms with Crippen LogP contribution in [-0.2, 0) is 6.54 Å². The Morgan fingerprint density at radius 1 is 1.32 bits per heavy atom. The maximum absolute atomic E-state index is 4.73. The average Bonchev–Trinajstić information content (AvgIpc) is 2.43. The van der Waals surface area contributed by atoms with E-state index in [4.69, 9.17) is 4.98 Å². The van der Waals surface area contributed by atoms with Crippen molar-refractivity contribution < 1.29 is 0 Å². The molecule has 3 heteroatoms. The predicted molar refractivity (Wildman–Crippen MR) is 81.6 cm³/mol. The number of anilines is 1. The molecule has 0 unspecified atom stereocenters. The van der Waals surface area contributed by atoms with Gasteiger partial charge in [0.2, 0.25) is 0 Å². The van der Waals surface area contributed by atoms with Crippen molar-refractivity contribution in [3.63, 3.8) is 0 Å². The van der Waals surface area contributed by atoms with Crippen LogP contribution in [0, 0.1) is 6.92 Å². The van der Waals surface area contributed by atoms with Crippen molar-refractivity contribution in [2.45, 2.75) is 58.5 Å². The summed E-state index contributed by atoms with van der Waals surface area (Å²) < 4.78 is 0. The monoisotopic (exact) mass is 261 g/mol. The van der Waals surface area contributed by atoms with Gasteiger partial charge in [-0.15, -0.1) is 0 Å². The van der Waals surface area contributed by atoms with Crippen LogP contribution in [0.1, 0.15) is 50.2 Å². The van der Waals surface area contributed by atoms with E-state index in [1.165, 1.54) is 49.0 Å². The Morgan fingerprint density at radius 3 is 2.63 bits per heavy atom. The molecule has 0 amide bonds. The Kier molecular flexibility index (Phi) is 5.20. The summed E-state index contributed by atoms with van der Waals surface area (Å²) in [6, 6.07) is 2.96. The van der Waals surface area contributed by atoms with Crippen molar-refractivity contribution in [2.24, 2.45) is 0 Å². The first kappa shape index (κ1) is 14.3. The van der Waals surface area contributed by atoms with Crippen molar-refractivity contribution in [1.29, 1.82) is 0 Å². The van der Waals surface area contributed by atoms with Crippen molar-refractivity contribution in [3.05, 3.63) is 23.4 Å². The standard InChI is InChI=1S/C16H27N3/c1-4-19(15-8-6-5-7-9-15)16-13(2)10-14(11-17-3)12-18-16/h10,12,15,17H,4-9,11H2,1-3H3. The van der Waals surface area contributed by atoms with Crippen LogP contribution in [-0.4, -0.2) is 24.6 Å². The van der Waals surface area contributed by atoms with E-state index < -0.39 is 0 Å². The van der Waals surface area contributed by atoms with Gasteiger partial charge in [-0.2, -0.15) is 0 Å². The molecule has 0 aromatic carbocycles. The molecule has 1 aromatic rings. The Balaban J connectivity index is 2.17. The summed E-state index contributed by atoms with van der Waals surface area (Å²) in [6.45, 7) is 6.39. The third kappa shape index (κ3) is 3.47. The van der Waals surface area contributed by atoms with E-state index in [1.54, 1.807) is 0 Å². The van der Waals surface area contributed by atoms with E-state index in [0.717, 1.165) is 13.1 Å². The van der Waals surface area contributed by atoms with Crippen LogP contribution in [0.2, 0.25) is 0 Å². The molecule has 106 valence electrons. The predicted octanol–water partition coefficient (Wildman–Crippen LogP) is 3.27. The van der Waals surface area contributed by atoms with Crippen molar-refractivity contribution in [2.75, 3.05) is 18.5 Å². The molecule has 0 saturated heterocycles. The highest BCUT2D eigenvalue weighted by molar-refractivity contribution is 5.48. The number of aromatic nitrogens is 1. The van der Waals surface area contributed by atoms with Crippen molar-refractivity contribution in [3.8, 4) is 0 Å². The molecule has 0 bridgehead atoms. The van der Waals surface area contributed by atoms with Gasteiger partial charge in [0.15, 0.2) is 0 Å². The van der Waals surface area contributed by atoms with E-state index in [0.29, 0.717) is 6.04 Å². The molecule has 1 aliphatic rings. The molecule has 1 aromatic heterocycles. The minimum absolute atomic E-state index is 0.695. The number of nitrogens with zero attached hydrogens (tertiary/aromatic N) is 2. The highest BCUT2D eigenvalue weighted by atomic mass is 15.2. The molecule has 0 atom stereocenters. The number of rotatable bonds is 5. The first-order chi connectivity index (χ1) is 9.26. The highest BCUT2D eigenvalue weighted by Crippen LogP contribution is 2.28. The minimum atomic E-state index is 0.695. The average molecular weight is 261 g/mol. The summed E-state index contributed by atoms with van der Waals surface area (Å²) in [5.41, 5.74) is 2.57. The van der Waals surface area contributed by atoms with E-state index in [-0.39, 0.29) is 0 Å². The van der Waals surface area contributed by atoms with Crippen LogP contribution < -0.4 is 10.2 Å². The molecule has 1 aliphatic carbocycles. The summed E-state index contributed by atoms with van der Waals surface area (Å²) in [5.74, 6) is 1.19. The second-order valence-corrected chi connectivity index (χ2v) is 5.59. The summed E-state index contributed by atoms with van der Waals surface area (Å²) in [6.07, 6.45) is 8.82. The number of aryl methyl sites for hydroxylation is 1. The van der Waals surface area contributed by atoms with Crippen LogP contribution in [0.15, 0.2) is 12.3 Å². The summed E-state index contributed by atoms with van der Waals surface area (Å²) >= 11 is 0. The Hall–Kier alpha value is -1.09. The fourth-order valence-electron chi connectivity index (χ4n) is 3.20. The van der Waals surface area contributed by atoms with E-state index >= 15 is 0 Å². The normalized spacial score (nSPS) is 16.6. The maximum atomic E-state index is 4.73. The summed E-state index contributed by atoms with van der Waals surface area (Å²) in [7, 11) is 1.98. The molecule has 19 heavy (non-hydrogen) atoms. The van der Waals surface area contributed by atoms with Gasteiger partial charge < -0.3 is 10.2 Å². The first-order valence-electron chi connectivity index (χ1n) is 7.63. The lowest BCUT2D eigenvalue weighted by molar-refractivity contribution is 0.416. The molecule has 0 aliphatic heterocycles. The quantitative estimate of drug-likeness (QED) is 0.881. The van der Waals surface area contributed by atoms with Gasteiger partial charge in [0, 0.05) is 25.3 Å². The number of hydrogen-bond acceptors (Lipinski definition) is 3. The smallest absolute Gasteiger partial charge is 0.131 e. The van der Waals surface area contributed by atoms with Gasteiger partial charge >= 0.3 is 0 Å². The molecule has 0 spiro atoms. The first-order valence-corrected chi connectivity index (χ1v) is 7.63. The number of pyridine rings is 1. The minimum Gasteiger partial charge on any atom is -0.354 e. The van der Waals surface area contributed by atoms with E-state index in [2.05, 4.69) is 30.1 Å². The van der Waals surface area contributed by atoms with E-state index in [9.17, 15) is 0 Å². The molecular weight excluding hydrogens is 234 g/mol. The van der Waals surface area contributed by atoms with Crippen LogP contribution in [0.5, 0.6) is 0 Å². The van der Waals surface area contributed by atoms with Gasteiger partial charge in [-0.1, -0.05) is 19.3 Å². The molecule has 1 saturated carbocycles. The van der Waals surface area contributed by atoms with Gasteiger partial charge in [0.1, 0.15) is 5.82 Å². The lowest BCUT2D eigenvalue weighted by Gasteiger charge is -2.35. The highest BCUT2D eigenvalue weighted by Gasteiger charge is 2.22. The van der Waals surface area contributed by atoms with Gasteiger partial charge in [-0.3, -0.25) is 0 Å². The van der Waals surface area contributed by atoms with Crippen molar-refractivity contribution >= 4 is 5.82 Å². The Morgan fingerprint density at radius 2 is 2.05 bits per heavy atom. The number of hydrogen-bond donors (Lipinski definition) is 1. The van der Waals surface area contributed by atoms with Gasteiger partial charge in [0.25, 0.3) is 0 Å². The lowest BCUT2D eigenvalue weighted by atomic mass is 9.94. The van der Waals surface area contributed by atoms with Gasteiger partial charge in [-0.05, 0) is 50.9 Å². The van der Waals surface area contributed by atoms with Crippen LogP contribution in [0.3, 0.4) is 0 Å². The molecule has 1 heterocycles. The zero-order valence-corrected chi connectivity index (χ0v) is 12.6. The SMILES string of the molecule is CCN(c1ncc(CNC)cc1C)C1CCCCC1. The molecule has 1 N–H and O–H groups in total. The maximum Gasteiger partial charge on any atom is 0.131 e. The van der Waals surface area contributed by atoms with Crippen LogP contribution in [0.4, 0.5) is 5.82 Å². The molecular formula is C16H27N3. The molecule has 1 fully saturated rings.